The molecule has 0 aromatic carbocycles. The van der Waals surface area contributed by atoms with Crippen molar-refractivity contribution in [3.63, 3.8) is 0 Å². The van der Waals surface area contributed by atoms with Gasteiger partial charge in [-0.25, -0.2) is 4.79 Å². The molecule has 1 aromatic heterocycles. The van der Waals surface area contributed by atoms with Gasteiger partial charge in [-0.05, 0) is 30.9 Å². The Morgan fingerprint density at radius 2 is 2.29 bits per heavy atom. The zero-order valence-electron chi connectivity index (χ0n) is 9.56. The minimum Gasteiger partial charge on any atom is -0.477 e. The number of rotatable bonds is 5. The molecule has 1 aromatic rings. The second-order valence-corrected chi connectivity index (χ2v) is 5.63. The quantitative estimate of drug-likeness (QED) is 0.749. The van der Waals surface area contributed by atoms with E-state index in [0.717, 1.165) is 30.7 Å². The van der Waals surface area contributed by atoms with E-state index in [1.165, 1.54) is 11.3 Å². The Morgan fingerprint density at radius 1 is 1.47 bits per heavy atom. The molecular weight excluding hydrogens is 238 g/mol. The van der Waals surface area contributed by atoms with Crippen molar-refractivity contribution < 1.29 is 15.0 Å². The highest BCUT2D eigenvalue weighted by atomic mass is 32.1. The summed E-state index contributed by atoms with van der Waals surface area (Å²) >= 11 is 1.30. The number of hydrogen-bond acceptors (Lipinski definition) is 4. The van der Waals surface area contributed by atoms with Crippen LogP contribution in [0.1, 0.15) is 33.8 Å². The molecular formula is C12H17NO3S. The second kappa shape index (κ2) is 5.62. The lowest BCUT2D eigenvalue weighted by atomic mass is 10.1. The smallest absolute Gasteiger partial charge is 0.345 e. The largest absolute Gasteiger partial charge is 0.477 e. The zero-order valence-corrected chi connectivity index (χ0v) is 10.4. The van der Waals surface area contributed by atoms with Gasteiger partial charge in [-0.15, -0.1) is 11.3 Å². The summed E-state index contributed by atoms with van der Waals surface area (Å²) in [5.74, 6) is -0.513. The minimum absolute atomic E-state index is 0.166. The van der Waals surface area contributed by atoms with Crippen LogP contribution in [-0.4, -0.2) is 28.8 Å². The third kappa shape index (κ3) is 3.28. The van der Waals surface area contributed by atoms with E-state index < -0.39 is 5.97 Å². The van der Waals surface area contributed by atoms with Crippen molar-refractivity contribution in [2.24, 2.45) is 5.92 Å². The maximum absolute atomic E-state index is 10.7. The second-order valence-electron chi connectivity index (χ2n) is 4.46. The first-order valence-corrected chi connectivity index (χ1v) is 6.69. The summed E-state index contributed by atoms with van der Waals surface area (Å²) < 4.78 is 0. The number of aliphatic hydroxyl groups excluding tert-OH is 1. The van der Waals surface area contributed by atoms with E-state index in [0.29, 0.717) is 17.3 Å². The van der Waals surface area contributed by atoms with Crippen molar-refractivity contribution in [1.29, 1.82) is 0 Å². The Labute approximate surface area is 104 Å². The molecule has 0 aliphatic heterocycles. The van der Waals surface area contributed by atoms with Gasteiger partial charge in [-0.3, -0.25) is 0 Å². The van der Waals surface area contributed by atoms with E-state index in [1.807, 2.05) is 6.07 Å². The maximum Gasteiger partial charge on any atom is 0.345 e. The predicted octanol–water partition coefficient (Wildman–Crippen LogP) is 1.70. The fourth-order valence-corrected chi connectivity index (χ4v) is 3.04. The van der Waals surface area contributed by atoms with Crippen LogP contribution in [0.5, 0.6) is 0 Å². The van der Waals surface area contributed by atoms with Crippen LogP contribution in [0.2, 0.25) is 0 Å². The van der Waals surface area contributed by atoms with Crippen LogP contribution >= 0.6 is 11.3 Å². The summed E-state index contributed by atoms with van der Waals surface area (Å²) in [5, 5.41) is 21.7. The van der Waals surface area contributed by atoms with Gasteiger partial charge in [0.05, 0.1) is 6.10 Å². The number of hydrogen-bond donors (Lipinski definition) is 3. The lowest BCUT2D eigenvalue weighted by Gasteiger charge is -2.14. The number of carbonyl (C=O) groups is 1. The van der Waals surface area contributed by atoms with Gasteiger partial charge in [0.15, 0.2) is 0 Å². The molecule has 2 atom stereocenters. The van der Waals surface area contributed by atoms with E-state index in [9.17, 15) is 9.90 Å². The van der Waals surface area contributed by atoms with E-state index in [2.05, 4.69) is 5.32 Å². The zero-order chi connectivity index (χ0) is 12.3. The monoisotopic (exact) mass is 255 g/mol. The Hall–Kier alpha value is -0.910. The summed E-state index contributed by atoms with van der Waals surface area (Å²) in [4.78, 5) is 12.1. The van der Waals surface area contributed by atoms with Gasteiger partial charge in [0.1, 0.15) is 4.88 Å². The first kappa shape index (κ1) is 12.5. The van der Waals surface area contributed by atoms with E-state index in [1.54, 1.807) is 6.07 Å². The summed E-state index contributed by atoms with van der Waals surface area (Å²) in [6.07, 6.45) is 2.93. The van der Waals surface area contributed by atoms with Crippen LogP contribution in [0, 0.1) is 5.92 Å². The minimum atomic E-state index is -0.868. The Morgan fingerprint density at radius 3 is 2.88 bits per heavy atom. The van der Waals surface area contributed by atoms with Gasteiger partial charge in [0, 0.05) is 18.0 Å². The molecule has 4 nitrogen and oxygen atoms in total. The molecule has 0 saturated heterocycles. The average Bonchev–Trinajstić information content (AvgIpc) is 2.89. The van der Waals surface area contributed by atoms with Crippen molar-refractivity contribution in [3.05, 3.63) is 21.9 Å². The average molecular weight is 255 g/mol. The fraction of sp³-hybridized carbons (Fsp3) is 0.583. The molecule has 1 aliphatic carbocycles. The molecule has 5 heteroatoms. The summed E-state index contributed by atoms with van der Waals surface area (Å²) in [5.41, 5.74) is 0. The molecule has 1 fully saturated rings. The van der Waals surface area contributed by atoms with Gasteiger partial charge < -0.3 is 15.5 Å². The highest BCUT2D eigenvalue weighted by Crippen LogP contribution is 2.25. The Bertz CT molecular complexity index is 391. The van der Waals surface area contributed by atoms with Crippen LogP contribution < -0.4 is 5.32 Å². The Kier molecular flexibility index (Phi) is 4.15. The normalized spacial score (nSPS) is 24.1. The van der Waals surface area contributed by atoms with Crippen molar-refractivity contribution in [2.45, 2.75) is 31.9 Å². The topological polar surface area (TPSA) is 69.6 Å². The first-order chi connectivity index (χ1) is 8.16. The number of aliphatic hydroxyl groups is 1. The van der Waals surface area contributed by atoms with Crippen molar-refractivity contribution in [3.8, 4) is 0 Å². The molecule has 2 rings (SSSR count). The van der Waals surface area contributed by atoms with Crippen LogP contribution in [0.3, 0.4) is 0 Å². The number of carboxylic acid groups (broad SMARTS) is 1. The van der Waals surface area contributed by atoms with Gasteiger partial charge in [-0.1, -0.05) is 6.42 Å². The molecule has 1 saturated carbocycles. The first-order valence-electron chi connectivity index (χ1n) is 5.87. The highest BCUT2D eigenvalue weighted by molar-refractivity contribution is 7.13. The fourth-order valence-electron chi connectivity index (χ4n) is 2.22. The van der Waals surface area contributed by atoms with Crippen molar-refractivity contribution in [2.75, 3.05) is 6.54 Å². The summed E-state index contributed by atoms with van der Waals surface area (Å²) in [7, 11) is 0. The van der Waals surface area contributed by atoms with Gasteiger partial charge in [-0.2, -0.15) is 0 Å². The van der Waals surface area contributed by atoms with Crippen LogP contribution in [0.25, 0.3) is 0 Å². The molecule has 0 amide bonds. The standard InChI is InChI=1S/C12H17NO3S/c14-10-3-1-2-8(10)6-13-7-9-4-5-11(17-9)12(15)16/h4-5,8,10,13-14H,1-3,6-7H2,(H,15,16). The molecule has 0 radical (unpaired) electrons. The molecule has 0 bridgehead atoms. The third-order valence-corrected chi connectivity index (χ3v) is 4.27. The SMILES string of the molecule is O=C(O)c1ccc(CNCC2CCCC2O)s1. The van der Waals surface area contributed by atoms with E-state index >= 15 is 0 Å². The predicted molar refractivity (Wildman–Crippen MR) is 66.3 cm³/mol. The molecule has 0 spiro atoms. The number of nitrogens with one attached hydrogen (secondary N) is 1. The van der Waals surface area contributed by atoms with Gasteiger partial charge in [0.2, 0.25) is 0 Å². The molecule has 3 N–H and O–H groups in total. The number of thiophene rings is 1. The third-order valence-electron chi connectivity index (χ3n) is 3.20. The number of carboxylic acids is 1. The van der Waals surface area contributed by atoms with E-state index in [-0.39, 0.29) is 6.10 Å². The summed E-state index contributed by atoms with van der Waals surface area (Å²) in [6.45, 7) is 1.49. The molecule has 94 valence electrons. The maximum atomic E-state index is 10.7. The molecule has 1 aliphatic rings. The van der Waals surface area contributed by atoms with Crippen LogP contribution in [0.4, 0.5) is 0 Å². The van der Waals surface area contributed by atoms with Gasteiger partial charge in [0.25, 0.3) is 0 Å². The molecule has 17 heavy (non-hydrogen) atoms. The van der Waals surface area contributed by atoms with Gasteiger partial charge >= 0.3 is 5.97 Å². The summed E-state index contributed by atoms with van der Waals surface area (Å²) in [6, 6.07) is 3.47. The Balaban J connectivity index is 1.76. The van der Waals surface area contributed by atoms with Crippen LogP contribution in [0.15, 0.2) is 12.1 Å². The lowest BCUT2D eigenvalue weighted by Crippen LogP contribution is -2.27. The van der Waals surface area contributed by atoms with Crippen molar-refractivity contribution >= 4 is 17.3 Å². The van der Waals surface area contributed by atoms with E-state index in [4.69, 9.17) is 5.11 Å². The van der Waals surface area contributed by atoms with Crippen LogP contribution in [-0.2, 0) is 6.54 Å². The highest BCUT2D eigenvalue weighted by Gasteiger charge is 2.24. The molecule has 1 heterocycles. The van der Waals surface area contributed by atoms with Crippen molar-refractivity contribution in [1.82, 2.24) is 5.32 Å². The number of aromatic carboxylic acids is 1. The molecule has 2 unspecified atom stereocenters. The lowest BCUT2D eigenvalue weighted by molar-refractivity contribution is 0.0702.